The fraction of sp³-hybridized carbons (Fsp3) is 0.143. The number of aromatic nitrogens is 1. The largest absolute Gasteiger partial charge is 0.416 e. The van der Waals surface area contributed by atoms with Gasteiger partial charge in [0.05, 0.1) is 11.1 Å². The summed E-state index contributed by atoms with van der Waals surface area (Å²) in [6, 6.07) is 10.9. The van der Waals surface area contributed by atoms with E-state index >= 15 is 0 Å². The molecule has 30 heavy (non-hydrogen) atoms. The molecule has 0 radical (unpaired) electrons. The summed E-state index contributed by atoms with van der Waals surface area (Å²) in [5.74, 6) is -1.08. The van der Waals surface area contributed by atoms with Crippen molar-refractivity contribution in [2.75, 3.05) is 5.32 Å². The number of hydrogen-bond acceptors (Lipinski definition) is 2. The Morgan fingerprint density at radius 2 is 1.27 bits per heavy atom. The highest BCUT2D eigenvalue weighted by molar-refractivity contribution is 6.04. The molecule has 0 saturated carbocycles. The van der Waals surface area contributed by atoms with Gasteiger partial charge in [0, 0.05) is 23.6 Å². The first-order valence-electron chi connectivity index (χ1n) is 8.61. The molecule has 156 valence electrons. The fourth-order valence-electron chi connectivity index (χ4n) is 2.73. The molecule has 1 N–H and O–H groups in total. The number of nitrogens with one attached hydrogen (secondary N) is 1. The van der Waals surface area contributed by atoms with Gasteiger partial charge in [0.25, 0.3) is 5.91 Å². The Bertz CT molecular complexity index is 996. The zero-order valence-corrected chi connectivity index (χ0v) is 15.2. The summed E-state index contributed by atoms with van der Waals surface area (Å²) in [4.78, 5) is 16.2. The van der Waals surface area contributed by atoms with Crippen molar-refractivity contribution in [3.63, 3.8) is 0 Å². The average molecular weight is 424 g/mol. The van der Waals surface area contributed by atoms with E-state index in [2.05, 4.69) is 10.3 Å². The Labute approximate surface area is 167 Å². The van der Waals surface area contributed by atoms with Crippen molar-refractivity contribution in [2.45, 2.75) is 18.8 Å². The molecule has 3 aromatic rings. The molecule has 0 aliphatic rings. The summed E-state index contributed by atoms with van der Waals surface area (Å²) in [5, 5.41) is 2.32. The quantitative estimate of drug-likeness (QED) is 0.525. The highest BCUT2D eigenvalue weighted by Gasteiger charge is 2.37. The Balaban J connectivity index is 1.80. The van der Waals surface area contributed by atoms with Crippen LogP contribution in [0.15, 0.2) is 67.0 Å². The van der Waals surface area contributed by atoms with E-state index in [1.54, 1.807) is 24.5 Å². The molecule has 0 aliphatic carbocycles. The van der Waals surface area contributed by atoms with Gasteiger partial charge in [0.1, 0.15) is 0 Å². The zero-order valence-electron chi connectivity index (χ0n) is 15.2. The number of amides is 1. The molecule has 1 aromatic heterocycles. The number of nitrogens with zero attached hydrogens (tertiary/aromatic N) is 1. The Kier molecular flexibility index (Phi) is 5.82. The Morgan fingerprint density at radius 1 is 0.767 bits per heavy atom. The number of alkyl halides is 6. The van der Waals surface area contributed by atoms with E-state index < -0.39 is 35.0 Å². The summed E-state index contributed by atoms with van der Waals surface area (Å²) in [5.41, 5.74) is -1.68. The summed E-state index contributed by atoms with van der Waals surface area (Å²) in [7, 11) is 0. The molecule has 3 rings (SSSR count). The number of pyridine rings is 1. The summed E-state index contributed by atoms with van der Waals surface area (Å²) < 4.78 is 77.7. The number of halogens is 6. The van der Waals surface area contributed by atoms with E-state index in [1.807, 2.05) is 12.1 Å². The van der Waals surface area contributed by atoms with Crippen LogP contribution in [0.4, 0.5) is 32.0 Å². The van der Waals surface area contributed by atoms with Crippen molar-refractivity contribution >= 4 is 11.6 Å². The summed E-state index contributed by atoms with van der Waals surface area (Å²) in [6.07, 6.45) is -6.16. The molecule has 0 bridgehead atoms. The van der Waals surface area contributed by atoms with Gasteiger partial charge in [-0.25, -0.2) is 0 Å². The van der Waals surface area contributed by atoms with E-state index in [0.717, 1.165) is 11.1 Å². The normalized spacial score (nSPS) is 11.9. The first kappa shape index (κ1) is 21.4. The van der Waals surface area contributed by atoms with Crippen LogP contribution < -0.4 is 5.32 Å². The first-order chi connectivity index (χ1) is 14.0. The van der Waals surface area contributed by atoms with Gasteiger partial charge >= 0.3 is 12.4 Å². The van der Waals surface area contributed by atoms with Gasteiger partial charge in [-0.1, -0.05) is 12.1 Å². The van der Waals surface area contributed by atoms with E-state index in [4.69, 9.17) is 0 Å². The van der Waals surface area contributed by atoms with Crippen molar-refractivity contribution in [2.24, 2.45) is 0 Å². The van der Waals surface area contributed by atoms with E-state index in [-0.39, 0.29) is 11.8 Å². The maximum Gasteiger partial charge on any atom is 0.416 e. The van der Waals surface area contributed by atoms with Crippen LogP contribution in [0, 0.1) is 0 Å². The second kappa shape index (κ2) is 8.17. The third-order valence-corrected chi connectivity index (χ3v) is 4.22. The van der Waals surface area contributed by atoms with E-state index in [9.17, 15) is 31.1 Å². The molecule has 1 amide bonds. The molecule has 1 heterocycles. The van der Waals surface area contributed by atoms with Crippen molar-refractivity contribution < 1.29 is 31.1 Å². The molecule has 0 fully saturated rings. The third-order valence-electron chi connectivity index (χ3n) is 4.22. The van der Waals surface area contributed by atoms with E-state index in [1.165, 1.54) is 12.1 Å². The number of hydrogen-bond donors (Lipinski definition) is 1. The number of rotatable bonds is 4. The Hall–Kier alpha value is -3.36. The van der Waals surface area contributed by atoms with Crippen molar-refractivity contribution in [1.29, 1.82) is 0 Å². The van der Waals surface area contributed by atoms with Gasteiger partial charge in [-0.2, -0.15) is 26.3 Å². The van der Waals surface area contributed by atoms with Gasteiger partial charge in [-0.3, -0.25) is 9.78 Å². The minimum atomic E-state index is -5.02. The highest BCUT2D eigenvalue weighted by atomic mass is 19.4. The van der Waals surface area contributed by atoms with Crippen LogP contribution in [0.5, 0.6) is 0 Å². The highest BCUT2D eigenvalue weighted by Crippen LogP contribution is 2.36. The molecule has 9 heteroatoms. The lowest BCUT2D eigenvalue weighted by Crippen LogP contribution is -2.17. The van der Waals surface area contributed by atoms with Gasteiger partial charge in [-0.15, -0.1) is 0 Å². The van der Waals surface area contributed by atoms with Crippen LogP contribution in [0.1, 0.15) is 32.6 Å². The maximum atomic E-state index is 12.9. The minimum absolute atomic E-state index is 0.0231. The van der Waals surface area contributed by atoms with Crippen molar-refractivity contribution in [3.8, 4) is 0 Å². The number of anilines is 1. The topological polar surface area (TPSA) is 42.0 Å². The zero-order chi connectivity index (χ0) is 21.9. The van der Waals surface area contributed by atoms with Gasteiger partial charge in [0.15, 0.2) is 0 Å². The molecular weight excluding hydrogens is 410 g/mol. The van der Waals surface area contributed by atoms with Gasteiger partial charge in [0.2, 0.25) is 0 Å². The molecule has 0 spiro atoms. The standard InChI is InChI=1S/C21H14F6N2O/c22-20(23,24)16-10-15(11-17(12-16)21(25,26)27)19(30)29-18-3-1-13(2-4-18)9-14-5-7-28-8-6-14/h1-8,10-12H,9H2,(H,29,30). The van der Waals surface area contributed by atoms with Crippen LogP contribution in [-0.4, -0.2) is 10.9 Å². The molecular formula is C21H14F6N2O. The molecule has 3 nitrogen and oxygen atoms in total. The van der Waals surface area contributed by atoms with Crippen molar-refractivity contribution in [3.05, 3.63) is 94.8 Å². The lowest BCUT2D eigenvalue weighted by atomic mass is 10.0. The predicted molar refractivity (Wildman–Crippen MR) is 97.9 cm³/mol. The Morgan fingerprint density at radius 3 is 1.77 bits per heavy atom. The van der Waals surface area contributed by atoms with Crippen LogP contribution in [0.3, 0.4) is 0 Å². The molecule has 0 saturated heterocycles. The molecule has 2 aromatic carbocycles. The molecule has 0 aliphatic heterocycles. The van der Waals surface area contributed by atoms with Crippen LogP contribution >= 0.6 is 0 Å². The fourth-order valence-corrected chi connectivity index (χ4v) is 2.73. The van der Waals surface area contributed by atoms with E-state index in [0.29, 0.717) is 18.6 Å². The maximum absolute atomic E-state index is 12.9. The third kappa shape index (κ3) is 5.37. The monoisotopic (exact) mass is 424 g/mol. The first-order valence-corrected chi connectivity index (χ1v) is 8.61. The van der Waals surface area contributed by atoms with Crippen LogP contribution in [0.2, 0.25) is 0 Å². The van der Waals surface area contributed by atoms with Gasteiger partial charge < -0.3 is 5.32 Å². The smallest absolute Gasteiger partial charge is 0.322 e. The number of carbonyl (C=O) groups is 1. The molecule has 0 atom stereocenters. The number of benzene rings is 2. The van der Waals surface area contributed by atoms with Crippen molar-refractivity contribution in [1.82, 2.24) is 4.98 Å². The predicted octanol–water partition coefficient (Wildman–Crippen LogP) is 5.96. The number of carbonyl (C=O) groups excluding carboxylic acids is 1. The second-order valence-electron chi connectivity index (χ2n) is 6.48. The summed E-state index contributed by atoms with van der Waals surface area (Å²) in [6.45, 7) is 0. The van der Waals surface area contributed by atoms with Crippen LogP contribution in [-0.2, 0) is 18.8 Å². The lowest BCUT2D eigenvalue weighted by molar-refractivity contribution is -0.143. The summed E-state index contributed by atoms with van der Waals surface area (Å²) >= 11 is 0. The molecule has 0 unspecified atom stereocenters. The minimum Gasteiger partial charge on any atom is -0.322 e. The average Bonchev–Trinajstić information content (AvgIpc) is 2.68. The second-order valence-corrected chi connectivity index (χ2v) is 6.48. The van der Waals surface area contributed by atoms with Gasteiger partial charge in [-0.05, 0) is 60.0 Å². The SMILES string of the molecule is O=C(Nc1ccc(Cc2ccncc2)cc1)c1cc(C(F)(F)F)cc(C(F)(F)F)c1. The van der Waals surface area contributed by atoms with Crippen LogP contribution in [0.25, 0.3) is 0 Å². The lowest BCUT2D eigenvalue weighted by Gasteiger charge is -2.14.